The Morgan fingerprint density at radius 1 is 1.05 bits per heavy atom. The fourth-order valence-corrected chi connectivity index (χ4v) is 4.70. The number of unbranched alkanes of at least 4 members (excludes halogenated alkanes) is 1. The van der Waals surface area contributed by atoms with E-state index in [1.54, 1.807) is 20.8 Å². The number of nitrogens with zero attached hydrogens (tertiary/aromatic N) is 1. The van der Waals surface area contributed by atoms with Crippen molar-refractivity contribution in [2.75, 3.05) is 6.54 Å². The number of nitrogens with two attached hydrogens (primary N) is 1. The molecule has 3 atom stereocenters. The summed E-state index contributed by atoms with van der Waals surface area (Å²) >= 11 is 0. The predicted molar refractivity (Wildman–Crippen MR) is 151 cm³/mol. The van der Waals surface area contributed by atoms with Crippen LogP contribution in [0.3, 0.4) is 0 Å². The van der Waals surface area contributed by atoms with Gasteiger partial charge in [-0.1, -0.05) is 30.3 Å². The number of aliphatic hydroxyl groups is 1. The van der Waals surface area contributed by atoms with Gasteiger partial charge in [0, 0.05) is 31.3 Å². The summed E-state index contributed by atoms with van der Waals surface area (Å²) in [5.74, 6) is -1.43. The van der Waals surface area contributed by atoms with Crippen molar-refractivity contribution in [1.82, 2.24) is 15.7 Å². The highest BCUT2D eigenvalue weighted by Gasteiger charge is 2.36. The van der Waals surface area contributed by atoms with Crippen LogP contribution in [0.15, 0.2) is 30.3 Å². The third kappa shape index (κ3) is 12.8. The smallest absolute Gasteiger partial charge is 0.408 e. The van der Waals surface area contributed by atoms with Crippen LogP contribution in [0.2, 0.25) is 0 Å². The van der Waals surface area contributed by atoms with Gasteiger partial charge in [0.05, 0.1) is 0 Å². The number of aliphatic hydroxyl groups excluding tert-OH is 1. The molecular formula is C29H46N4O8. The summed E-state index contributed by atoms with van der Waals surface area (Å²) in [5.41, 5.74) is 5.42. The van der Waals surface area contributed by atoms with Crippen LogP contribution >= 0.6 is 0 Å². The summed E-state index contributed by atoms with van der Waals surface area (Å²) in [5, 5.41) is 15.7. The van der Waals surface area contributed by atoms with Gasteiger partial charge in [0.2, 0.25) is 0 Å². The number of amides is 3. The Hall–Kier alpha value is -3.38. The predicted octanol–water partition coefficient (Wildman–Crippen LogP) is 3.30. The zero-order valence-electron chi connectivity index (χ0n) is 25.0. The number of hydroxylamine groups is 2. The SMILES string of the molecule is CC(C)(C)OC(=O)N[C@@H](CCCCNC(=O)OC(C)(C)C[C@](C)(N)Cc1ccccc1)C(=O)ON1C(=O)CCC1O. The molecule has 1 heterocycles. The number of carbonyl (C=O) groups excluding carboxylic acids is 4. The Morgan fingerprint density at radius 2 is 1.71 bits per heavy atom. The summed E-state index contributed by atoms with van der Waals surface area (Å²) in [6.45, 7) is 10.9. The third-order valence-corrected chi connectivity index (χ3v) is 6.13. The lowest BCUT2D eigenvalue weighted by Crippen LogP contribution is -2.47. The molecule has 1 unspecified atom stereocenters. The van der Waals surface area contributed by atoms with Gasteiger partial charge >= 0.3 is 18.2 Å². The maximum absolute atomic E-state index is 12.8. The second kappa shape index (κ2) is 14.5. The van der Waals surface area contributed by atoms with Crippen molar-refractivity contribution in [3.8, 4) is 0 Å². The fraction of sp³-hybridized carbons (Fsp3) is 0.655. The molecule has 230 valence electrons. The van der Waals surface area contributed by atoms with Gasteiger partial charge in [-0.05, 0) is 72.8 Å². The third-order valence-electron chi connectivity index (χ3n) is 6.13. The van der Waals surface area contributed by atoms with Crippen molar-refractivity contribution in [2.24, 2.45) is 5.73 Å². The Balaban J connectivity index is 1.83. The maximum Gasteiger partial charge on any atom is 0.408 e. The average molecular weight is 579 g/mol. The molecule has 1 aliphatic heterocycles. The molecule has 1 aliphatic rings. The first-order valence-electron chi connectivity index (χ1n) is 14.0. The molecule has 0 radical (unpaired) electrons. The van der Waals surface area contributed by atoms with Gasteiger partial charge in [0.25, 0.3) is 5.91 Å². The molecule has 12 nitrogen and oxygen atoms in total. The minimum Gasteiger partial charge on any atom is -0.444 e. The summed E-state index contributed by atoms with van der Waals surface area (Å²) in [6.07, 6.45) is -0.360. The average Bonchev–Trinajstić information content (AvgIpc) is 3.13. The van der Waals surface area contributed by atoms with E-state index in [1.165, 1.54) is 0 Å². The second-order valence-electron chi connectivity index (χ2n) is 12.4. The Bertz CT molecular complexity index is 1040. The number of carbonyl (C=O) groups is 4. The molecule has 0 spiro atoms. The van der Waals surface area contributed by atoms with E-state index < -0.39 is 53.1 Å². The molecule has 0 aromatic heterocycles. The van der Waals surface area contributed by atoms with Gasteiger partial charge in [-0.15, -0.1) is 5.06 Å². The summed E-state index contributed by atoms with van der Waals surface area (Å²) in [4.78, 5) is 54.5. The lowest BCUT2D eigenvalue weighted by atomic mass is 9.84. The van der Waals surface area contributed by atoms with Crippen molar-refractivity contribution < 1.29 is 38.6 Å². The van der Waals surface area contributed by atoms with Gasteiger partial charge in [0.1, 0.15) is 17.2 Å². The first-order valence-corrected chi connectivity index (χ1v) is 14.0. The lowest BCUT2D eigenvalue weighted by Gasteiger charge is -2.34. The highest BCUT2D eigenvalue weighted by molar-refractivity contribution is 5.84. The van der Waals surface area contributed by atoms with E-state index in [-0.39, 0.29) is 25.8 Å². The molecule has 1 aromatic carbocycles. The minimum absolute atomic E-state index is 0.0503. The number of hydrogen-bond acceptors (Lipinski definition) is 9. The standard InChI is InChI=1S/C29H46N4O8/c1-27(2,3)39-26(38)32-21(24(36)41-33-22(34)15-16-23(33)35)14-10-11-17-31-25(37)40-28(4,5)19-29(6,30)18-20-12-8-7-9-13-20/h7-9,12-13,21-22,34H,10-11,14-19,30H2,1-6H3,(H,31,37)(H,32,38)/t21-,22?,29+/m0/s1. The molecule has 12 heteroatoms. The van der Waals surface area contributed by atoms with Gasteiger partial charge in [0.15, 0.2) is 6.23 Å². The van der Waals surface area contributed by atoms with E-state index >= 15 is 0 Å². The van der Waals surface area contributed by atoms with Crippen molar-refractivity contribution in [3.63, 3.8) is 0 Å². The monoisotopic (exact) mass is 578 g/mol. The normalized spacial score (nSPS) is 17.8. The Morgan fingerprint density at radius 3 is 2.29 bits per heavy atom. The quantitative estimate of drug-likeness (QED) is 0.257. The molecule has 2 rings (SSSR count). The van der Waals surface area contributed by atoms with E-state index in [1.807, 2.05) is 51.1 Å². The minimum atomic E-state index is -1.23. The van der Waals surface area contributed by atoms with Gasteiger partial charge in [-0.2, -0.15) is 0 Å². The fourth-order valence-electron chi connectivity index (χ4n) is 4.70. The van der Waals surface area contributed by atoms with E-state index in [0.29, 0.717) is 30.7 Å². The van der Waals surface area contributed by atoms with Crippen LogP contribution in [0, 0.1) is 0 Å². The van der Waals surface area contributed by atoms with Gasteiger partial charge < -0.3 is 35.8 Å². The van der Waals surface area contributed by atoms with Gasteiger partial charge in [-0.3, -0.25) is 4.79 Å². The van der Waals surface area contributed by atoms with Crippen molar-refractivity contribution >= 4 is 24.1 Å². The van der Waals surface area contributed by atoms with Crippen molar-refractivity contribution in [3.05, 3.63) is 35.9 Å². The molecule has 41 heavy (non-hydrogen) atoms. The van der Waals surface area contributed by atoms with E-state index in [2.05, 4.69) is 10.6 Å². The molecule has 0 saturated carbocycles. The van der Waals surface area contributed by atoms with Crippen LogP contribution in [0.25, 0.3) is 0 Å². The number of benzene rings is 1. The van der Waals surface area contributed by atoms with Crippen LogP contribution in [0.1, 0.15) is 85.6 Å². The van der Waals surface area contributed by atoms with Crippen LogP contribution in [0.5, 0.6) is 0 Å². The summed E-state index contributed by atoms with van der Waals surface area (Å²) in [6, 6.07) is 8.74. The van der Waals surface area contributed by atoms with Crippen LogP contribution < -0.4 is 16.4 Å². The van der Waals surface area contributed by atoms with Crippen LogP contribution in [-0.4, -0.2) is 69.8 Å². The summed E-state index contributed by atoms with van der Waals surface area (Å²) in [7, 11) is 0. The number of alkyl carbamates (subject to hydrolysis) is 2. The molecule has 5 N–H and O–H groups in total. The van der Waals surface area contributed by atoms with E-state index in [4.69, 9.17) is 20.0 Å². The zero-order chi connectivity index (χ0) is 30.8. The highest BCUT2D eigenvalue weighted by atomic mass is 16.7. The number of ether oxygens (including phenoxy) is 2. The zero-order valence-corrected chi connectivity index (χ0v) is 25.0. The molecule has 3 amide bonds. The number of rotatable bonds is 13. The molecule has 0 aliphatic carbocycles. The van der Waals surface area contributed by atoms with Gasteiger partial charge in [-0.25, -0.2) is 14.4 Å². The molecule has 1 aromatic rings. The van der Waals surface area contributed by atoms with Crippen LogP contribution in [-0.2, 0) is 30.3 Å². The van der Waals surface area contributed by atoms with E-state index in [9.17, 15) is 24.3 Å². The Kier molecular flexibility index (Phi) is 12.0. The largest absolute Gasteiger partial charge is 0.444 e. The molecular weight excluding hydrogens is 532 g/mol. The number of hydrogen-bond donors (Lipinski definition) is 4. The summed E-state index contributed by atoms with van der Waals surface area (Å²) < 4.78 is 10.9. The Labute approximate surface area is 242 Å². The van der Waals surface area contributed by atoms with Crippen molar-refractivity contribution in [1.29, 1.82) is 0 Å². The highest BCUT2D eigenvalue weighted by Crippen LogP contribution is 2.25. The molecule has 1 saturated heterocycles. The number of nitrogens with one attached hydrogen (secondary N) is 2. The van der Waals surface area contributed by atoms with E-state index in [0.717, 1.165) is 5.56 Å². The second-order valence-corrected chi connectivity index (χ2v) is 12.4. The van der Waals surface area contributed by atoms with Crippen molar-refractivity contribution in [2.45, 2.75) is 115 Å². The first-order chi connectivity index (χ1) is 19.0. The van der Waals surface area contributed by atoms with Crippen LogP contribution in [0.4, 0.5) is 9.59 Å². The molecule has 0 bridgehead atoms. The maximum atomic E-state index is 12.8. The molecule has 1 fully saturated rings. The first kappa shape index (κ1) is 33.8. The lowest BCUT2D eigenvalue weighted by molar-refractivity contribution is -0.222. The topological polar surface area (TPSA) is 170 Å².